The summed E-state index contributed by atoms with van der Waals surface area (Å²) in [6, 6.07) is -1.27. The molecule has 0 aliphatic carbocycles. The average Bonchev–Trinajstić information content (AvgIpc) is 3.14. The summed E-state index contributed by atoms with van der Waals surface area (Å²) in [6.45, 7) is 7.73. The van der Waals surface area contributed by atoms with Gasteiger partial charge < -0.3 is 19.3 Å². The van der Waals surface area contributed by atoms with Gasteiger partial charge in [-0.2, -0.15) is 4.91 Å². The lowest BCUT2D eigenvalue weighted by Crippen LogP contribution is -2.30. The van der Waals surface area contributed by atoms with Gasteiger partial charge in [0, 0.05) is 12.8 Å². The van der Waals surface area contributed by atoms with E-state index in [2.05, 4.69) is 25.6 Å². The normalized spacial score (nSPS) is 12.3. The monoisotopic (exact) mass is 752 g/mol. The molecule has 0 radical (unpaired) electrons. The third-order valence-corrected chi connectivity index (χ3v) is 10.0. The zero-order chi connectivity index (χ0) is 39.0. The highest BCUT2D eigenvalue weighted by Gasteiger charge is 2.23. The third kappa shape index (κ3) is 36.3. The molecule has 0 aliphatic heterocycles. The van der Waals surface area contributed by atoms with Gasteiger partial charge in [-0.25, -0.2) is 0 Å². The standard InChI is InChI=1S/C44H81NO8/c1-4-6-8-10-12-14-16-18-20-22-24-26-28-30-32-34-43(48)52-38-40(37-51-39(3)41(45-50)36-42(46)47)53-44(49)35-33-31-29-27-25-23-21-19-17-15-13-11-9-7-5-2/h40-41H,3-38H2,1-2H3,(H,46,47). The van der Waals surface area contributed by atoms with Gasteiger partial charge in [-0.3, -0.25) is 14.4 Å². The Morgan fingerprint density at radius 2 is 0.830 bits per heavy atom. The van der Waals surface area contributed by atoms with E-state index in [-0.39, 0.29) is 31.4 Å². The molecular formula is C44H81NO8. The van der Waals surface area contributed by atoms with E-state index in [4.69, 9.17) is 19.3 Å². The zero-order valence-electron chi connectivity index (χ0n) is 34.4. The fraction of sp³-hybridized carbons (Fsp3) is 0.886. The lowest BCUT2D eigenvalue weighted by Gasteiger charge is -2.20. The summed E-state index contributed by atoms with van der Waals surface area (Å²) in [5.74, 6) is -2.11. The van der Waals surface area contributed by atoms with Crippen LogP contribution in [0.25, 0.3) is 0 Å². The Kier molecular flexibility index (Phi) is 37.4. The van der Waals surface area contributed by atoms with Crippen LogP contribution in [0.2, 0.25) is 0 Å². The van der Waals surface area contributed by atoms with Crippen LogP contribution in [0.15, 0.2) is 17.5 Å². The number of carbonyl (C=O) groups excluding carboxylic acids is 2. The minimum absolute atomic E-state index is 0.130. The summed E-state index contributed by atoms with van der Waals surface area (Å²) in [5.41, 5.74) is 0. The van der Waals surface area contributed by atoms with Crippen LogP contribution in [0.5, 0.6) is 0 Å². The zero-order valence-corrected chi connectivity index (χ0v) is 34.4. The number of esters is 2. The van der Waals surface area contributed by atoms with E-state index in [1.807, 2.05) is 0 Å². The minimum Gasteiger partial charge on any atom is -0.492 e. The molecule has 0 aromatic carbocycles. The fourth-order valence-corrected chi connectivity index (χ4v) is 6.57. The summed E-state index contributed by atoms with van der Waals surface area (Å²) < 4.78 is 16.5. The number of rotatable bonds is 42. The van der Waals surface area contributed by atoms with Crippen LogP contribution in [0, 0.1) is 4.91 Å². The van der Waals surface area contributed by atoms with Crippen LogP contribution in [-0.4, -0.2) is 48.4 Å². The number of hydrogen-bond acceptors (Lipinski definition) is 8. The number of unbranched alkanes of at least 4 members (excludes halogenated alkanes) is 28. The Labute approximate surface area is 324 Å². The van der Waals surface area contributed by atoms with E-state index in [0.29, 0.717) is 12.8 Å². The Bertz CT molecular complexity index is 895. The number of ether oxygens (including phenoxy) is 3. The predicted octanol–water partition coefficient (Wildman–Crippen LogP) is 13.1. The number of nitrogens with zero attached hydrogens (tertiary/aromatic N) is 1. The molecule has 9 heteroatoms. The van der Waals surface area contributed by atoms with Gasteiger partial charge in [0.25, 0.3) is 0 Å². The molecule has 310 valence electrons. The van der Waals surface area contributed by atoms with Crippen molar-refractivity contribution in [2.45, 2.75) is 238 Å². The molecule has 0 spiro atoms. The van der Waals surface area contributed by atoms with Crippen molar-refractivity contribution >= 4 is 17.9 Å². The lowest BCUT2D eigenvalue weighted by molar-refractivity contribution is -0.162. The van der Waals surface area contributed by atoms with Gasteiger partial charge in [-0.05, 0) is 12.8 Å². The maximum atomic E-state index is 12.7. The summed E-state index contributed by atoms with van der Waals surface area (Å²) >= 11 is 0. The molecule has 0 bridgehead atoms. The molecule has 0 amide bonds. The lowest BCUT2D eigenvalue weighted by atomic mass is 10.0. The van der Waals surface area contributed by atoms with Crippen molar-refractivity contribution in [2.75, 3.05) is 13.2 Å². The van der Waals surface area contributed by atoms with Crippen molar-refractivity contribution in [3.8, 4) is 0 Å². The van der Waals surface area contributed by atoms with Crippen molar-refractivity contribution in [1.82, 2.24) is 0 Å². The minimum atomic E-state index is -1.27. The van der Waals surface area contributed by atoms with Crippen LogP contribution in [0.4, 0.5) is 0 Å². The van der Waals surface area contributed by atoms with E-state index in [1.54, 1.807) is 0 Å². The topological polar surface area (TPSA) is 129 Å². The van der Waals surface area contributed by atoms with E-state index in [1.165, 1.54) is 154 Å². The Morgan fingerprint density at radius 1 is 0.509 bits per heavy atom. The average molecular weight is 752 g/mol. The molecule has 1 N–H and O–H groups in total. The second-order valence-corrected chi connectivity index (χ2v) is 15.2. The molecule has 0 saturated heterocycles. The number of aliphatic carboxylic acids is 1. The molecule has 0 rings (SSSR count). The Balaban J connectivity index is 4.26. The van der Waals surface area contributed by atoms with Crippen molar-refractivity contribution in [2.24, 2.45) is 5.18 Å². The first kappa shape index (κ1) is 50.5. The highest BCUT2D eigenvalue weighted by Crippen LogP contribution is 2.17. The SMILES string of the molecule is C=C(OCC(COC(=O)CCCCCCCCCCCCCCCCC)OC(=O)CCCCCCCCCCCCCCCCC)C(CC(=O)O)N=O. The smallest absolute Gasteiger partial charge is 0.306 e. The second kappa shape index (κ2) is 39.2. The second-order valence-electron chi connectivity index (χ2n) is 15.2. The third-order valence-electron chi connectivity index (χ3n) is 10.0. The molecule has 0 aromatic rings. The highest BCUT2D eigenvalue weighted by atomic mass is 16.6. The van der Waals surface area contributed by atoms with Crippen molar-refractivity contribution < 1.29 is 33.7 Å². The van der Waals surface area contributed by atoms with Gasteiger partial charge in [0.1, 0.15) is 19.0 Å². The summed E-state index contributed by atoms with van der Waals surface area (Å²) in [4.78, 5) is 47.3. The number of nitroso groups, excluding NO2 is 1. The maximum Gasteiger partial charge on any atom is 0.306 e. The van der Waals surface area contributed by atoms with Crippen LogP contribution in [0.3, 0.4) is 0 Å². The van der Waals surface area contributed by atoms with Crippen LogP contribution >= 0.6 is 0 Å². The molecule has 0 heterocycles. The molecule has 0 aliphatic rings. The molecule has 2 atom stereocenters. The number of carboxylic acid groups (broad SMARTS) is 1. The number of carboxylic acids is 1. The van der Waals surface area contributed by atoms with Crippen LogP contribution in [-0.2, 0) is 28.6 Å². The molecule has 2 unspecified atom stereocenters. The summed E-state index contributed by atoms with van der Waals surface area (Å²) in [5, 5.41) is 11.8. The molecule has 53 heavy (non-hydrogen) atoms. The van der Waals surface area contributed by atoms with Crippen molar-refractivity contribution in [3.05, 3.63) is 17.2 Å². The van der Waals surface area contributed by atoms with Gasteiger partial charge in [0.05, 0.1) is 6.42 Å². The van der Waals surface area contributed by atoms with Gasteiger partial charge in [-0.1, -0.05) is 205 Å². The fourth-order valence-electron chi connectivity index (χ4n) is 6.57. The van der Waals surface area contributed by atoms with Gasteiger partial charge in [-0.15, -0.1) is 0 Å². The molecular weight excluding hydrogens is 670 g/mol. The predicted molar refractivity (Wildman–Crippen MR) is 217 cm³/mol. The Morgan fingerprint density at radius 3 is 1.17 bits per heavy atom. The Hall–Kier alpha value is -2.45. The summed E-state index contributed by atoms with van der Waals surface area (Å²) in [7, 11) is 0. The van der Waals surface area contributed by atoms with Gasteiger partial charge in [0.2, 0.25) is 0 Å². The molecule has 0 aromatic heterocycles. The first-order valence-electron chi connectivity index (χ1n) is 22.0. The molecule has 0 saturated carbocycles. The van der Waals surface area contributed by atoms with Crippen molar-refractivity contribution in [3.63, 3.8) is 0 Å². The van der Waals surface area contributed by atoms with Gasteiger partial charge >= 0.3 is 17.9 Å². The quantitative estimate of drug-likeness (QED) is 0.0282. The van der Waals surface area contributed by atoms with Crippen LogP contribution in [0.1, 0.15) is 226 Å². The first-order chi connectivity index (χ1) is 25.8. The van der Waals surface area contributed by atoms with E-state index in [9.17, 15) is 19.3 Å². The molecule has 9 nitrogen and oxygen atoms in total. The number of hydrogen-bond donors (Lipinski definition) is 1. The first-order valence-corrected chi connectivity index (χ1v) is 22.0. The van der Waals surface area contributed by atoms with Crippen LogP contribution < -0.4 is 0 Å². The maximum absolute atomic E-state index is 12.7. The summed E-state index contributed by atoms with van der Waals surface area (Å²) in [6.07, 6.45) is 36.4. The largest absolute Gasteiger partial charge is 0.492 e. The van der Waals surface area contributed by atoms with E-state index >= 15 is 0 Å². The van der Waals surface area contributed by atoms with Gasteiger partial charge in [0.15, 0.2) is 12.1 Å². The van der Waals surface area contributed by atoms with E-state index < -0.39 is 30.5 Å². The molecule has 0 fully saturated rings. The highest BCUT2D eigenvalue weighted by molar-refractivity contribution is 5.70. The number of carbonyl (C=O) groups is 3. The van der Waals surface area contributed by atoms with E-state index in [0.717, 1.165) is 32.1 Å². The van der Waals surface area contributed by atoms with Crippen molar-refractivity contribution in [1.29, 1.82) is 0 Å².